The van der Waals surface area contributed by atoms with Crippen molar-refractivity contribution in [1.82, 2.24) is 19.4 Å². The number of rotatable bonds is 8. The normalized spacial score (nSPS) is 21.4. The Labute approximate surface area is 232 Å². The van der Waals surface area contributed by atoms with Crippen LogP contribution in [0.3, 0.4) is 0 Å². The van der Waals surface area contributed by atoms with Gasteiger partial charge in [0, 0.05) is 36.9 Å². The van der Waals surface area contributed by atoms with Gasteiger partial charge in [-0.1, -0.05) is 23.9 Å². The molecule has 6 rings (SSSR count). The number of benzene rings is 1. The van der Waals surface area contributed by atoms with Gasteiger partial charge >= 0.3 is 0 Å². The molecule has 2 aromatic heterocycles. The number of imidazole rings is 1. The van der Waals surface area contributed by atoms with E-state index >= 15 is 0 Å². The first kappa shape index (κ1) is 26.1. The molecule has 5 heterocycles. The van der Waals surface area contributed by atoms with Gasteiger partial charge in [-0.2, -0.15) is 5.26 Å². The minimum absolute atomic E-state index is 0.0706. The highest BCUT2D eigenvalue weighted by molar-refractivity contribution is 8.00. The van der Waals surface area contributed by atoms with E-state index in [9.17, 15) is 4.39 Å². The number of anilines is 1. The van der Waals surface area contributed by atoms with Crippen LogP contribution in [0.2, 0.25) is 0 Å². The van der Waals surface area contributed by atoms with Gasteiger partial charge in [0.15, 0.2) is 0 Å². The van der Waals surface area contributed by atoms with Crippen molar-refractivity contribution < 1.29 is 13.9 Å². The topological polar surface area (TPSA) is 79.4 Å². The molecular formula is C29H33FN6O2S. The fourth-order valence-corrected chi connectivity index (χ4v) is 6.55. The van der Waals surface area contributed by atoms with Gasteiger partial charge in [-0.25, -0.2) is 14.4 Å². The molecule has 204 valence electrons. The molecule has 0 amide bonds. The zero-order chi connectivity index (χ0) is 26.9. The van der Waals surface area contributed by atoms with E-state index in [1.165, 1.54) is 11.9 Å². The van der Waals surface area contributed by atoms with Gasteiger partial charge in [0.1, 0.15) is 29.1 Å². The Bertz CT molecular complexity index is 1380. The summed E-state index contributed by atoms with van der Waals surface area (Å²) in [5.74, 6) is 2.76. The number of halogens is 1. The van der Waals surface area contributed by atoms with Crippen LogP contribution in [0.25, 0.3) is 0 Å². The smallest absolute Gasteiger partial charge is 0.213 e. The Kier molecular flexibility index (Phi) is 7.47. The number of nitrogens with zero attached hydrogens (tertiary/aromatic N) is 6. The quantitative estimate of drug-likeness (QED) is 0.392. The molecule has 2 fully saturated rings. The molecule has 0 bridgehead atoms. The number of hydrogen-bond donors (Lipinski definition) is 0. The zero-order valence-corrected chi connectivity index (χ0v) is 23.2. The molecule has 2 unspecified atom stereocenters. The second-order valence-corrected chi connectivity index (χ2v) is 11.8. The average Bonchev–Trinajstić information content (AvgIpc) is 3.39. The van der Waals surface area contributed by atoms with E-state index in [1.54, 1.807) is 18.2 Å². The van der Waals surface area contributed by atoms with Gasteiger partial charge in [-0.15, -0.1) is 0 Å². The molecule has 1 aromatic carbocycles. The van der Waals surface area contributed by atoms with Crippen molar-refractivity contribution >= 4 is 17.6 Å². The number of pyridine rings is 1. The Morgan fingerprint density at radius 2 is 2.00 bits per heavy atom. The summed E-state index contributed by atoms with van der Waals surface area (Å²) in [7, 11) is 2.16. The zero-order valence-electron chi connectivity index (χ0n) is 22.3. The van der Waals surface area contributed by atoms with E-state index in [4.69, 9.17) is 24.7 Å². The lowest BCUT2D eigenvalue weighted by Crippen LogP contribution is -2.36. The molecular weight excluding hydrogens is 515 g/mol. The average molecular weight is 549 g/mol. The number of nitriles is 1. The Morgan fingerprint density at radius 3 is 2.72 bits per heavy atom. The Balaban J connectivity index is 1.07. The summed E-state index contributed by atoms with van der Waals surface area (Å²) < 4.78 is 28.2. The summed E-state index contributed by atoms with van der Waals surface area (Å²) in [6, 6.07) is 12.2. The highest BCUT2D eigenvalue weighted by Crippen LogP contribution is 2.43. The van der Waals surface area contributed by atoms with Gasteiger partial charge < -0.3 is 18.9 Å². The van der Waals surface area contributed by atoms with Gasteiger partial charge in [0.25, 0.3) is 0 Å². The molecule has 8 nitrogen and oxygen atoms in total. The largest absolute Gasteiger partial charge is 0.473 e. The maximum Gasteiger partial charge on any atom is 0.213 e. The number of ether oxygens (including phenoxy) is 2. The van der Waals surface area contributed by atoms with E-state index in [0.717, 1.165) is 68.6 Å². The minimum atomic E-state index is -0.441. The summed E-state index contributed by atoms with van der Waals surface area (Å²) in [4.78, 5) is 14.6. The number of thioether (sulfide) groups is 1. The van der Waals surface area contributed by atoms with Crippen LogP contribution in [0.5, 0.6) is 5.88 Å². The molecule has 10 heteroatoms. The number of fused-ring (bicyclic) bond motifs is 1. The number of aromatic nitrogens is 3. The highest BCUT2D eigenvalue weighted by Gasteiger charge is 2.34. The first-order valence-corrected chi connectivity index (χ1v) is 14.5. The standard InChI is InChI=1S/C29H33FN6O2S/c1-19-34(2)29-28(39-19)33-26(36(29)16-23-10-13-37-23)17-35-11-8-21(9-12-35)25-4-3-5-27(32-25)38-18-22-7-6-20(15-31)14-24(22)30/h3-7,14,19,21,23H,8-13,16-18H2,1-2H3. The SMILES string of the molecule is CC1Sc2nc(CN3CCC(c4cccc(OCc5ccc(C#N)cc5F)n4)CC3)n(CC3CCO3)c2N1C. The number of piperidine rings is 1. The van der Waals surface area contributed by atoms with Crippen LogP contribution in [0, 0.1) is 17.1 Å². The first-order chi connectivity index (χ1) is 19.0. The predicted molar refractivity (Wildman–Crippen MR) is 147 cm³/mol. The lowest BCUT2D eigenvalue weighted by Gasteiger charge is -2.33. The molecule has 2 saturated heterocycles. The van der Waals surface area contributed by atoms with Crippen molar-refractivity contribution in [3.8, 4) is 11.9 Å². The lowest BCUT2D eigenvalue weighted by molar-refractivity contribution is -0.0596. The molecule has 2 atom stereocenters. The van der Waals surface area contributed by atoms with Gasteiger partial charge in [0.2, 0.25) is 5.88 Å². The molecule has 0 spiro atoms. The van der Waals surface area contributed by atoms with Gasteiger partial charge in [-0.05, 0) is 57.5 Å². The third-order valence-corrected chi connectivity index (χ3v) is 9.16. The second-order valence-electron chi connectivity index (χ2n) is 10.5. The molecule has 0 aliphatic carbocycles. The van der Waals surface area contributed by atoms with E-state index in [1.807, 2.05) is 23.9 Å². The van der Waals surface area contributed by atoms with Crippen molar-refractivity contribution in [2.24, 2.45) is 0 Å². The summed E-state index contributed by atoms with van der Waals surface area (Å²) in [6.45, 7) is 6.81. The van der Waals surface area contributed by atoms with Crippen LogP contribution in [0.15, 0.2) is 41.4 Å². The molecule has 3 aromatic rings. The van der Waals surface area contributed by atoms with Crippen LogP contribution < -0.4 is 9.64 Å². The fraction of sp³-hybridized carbons (Fsp3) is 0.483. The predicted octanol–water partition coefficient (Wildman–Crippen LogP) is 4.92. The maximum absolute atomic E-state index is 14.2. The molecule has 0 radical (unpaired) electrons. The number of hydrogen-bond acceptors (Lipinski definition) is 8. The van der Waals surface area contributed by atoms with Crippen LogP contribution in [0.4, 0.5) is 10.2 Å². The second kappa shape index (κ2) is 11.2. The van der Waals surface area contributed by atoms with E-state index in [0.29, 0.717) is 28.3 Å². The third-order valence-electron chi connectivity index (χ3n) is 8.00. The van der Waals surface area contributed by atoms with E-state index in [2.05, 4.69) is 34.4 Å². The molecule has 0 saturated carbocycles. The maximum atomic E-state index is 14.2. The number of likely N-dealkylation sites (tertiary alicyclic amines) is 1. The Hall–Kier alpha value is -3.13. The molecule has 0 N–H and O–H groups in total. The van der Waals surface area contributed by atoms with Crippen molar-refractivity contribution in [3.63, 3.8) is 0 Å². The summed E-state index contributed by atoms with van der Waals surface area (Å²) in [5.41, 5.74) is 1.72. The summed E-state index contributed by atoms with van der Waals surface area (Å²) in [6.07, 6.45) is 3.43. The fourth-order valence-electron chi connectivity index (χ4n) is 5.45. The van der Waals surface area contributed by atoms with E-state index < -0.39 is 5.82 Å². The van der Waals surface area contributed by atoms with Crippen LogP contribution >= 0.6 is 11.8 Å². The monoisotopic (exact) mass is 548 g/mol. The van der Waals surface area contributed by atoms with Gasteiger partial charge in [-0.3, -0.25) is 4.90 Å². The van der Waals surface area contributed by atoms with Crippen LogP contribution in [-0.4, -0.2) is 57.7 Å². The van der Waals surface area contributed by atoms with Crippen molar-refractivity contribution in [1.29, 1.82) is 5.26 Å². The summed E-state index contributed by atoms with van der Waals surface area (Å²) in [5, 5.41) is 10.5. The highest BCUT2D eigenvalue weighted by atomic mass is 32.2. The summed E-state index contributed by atoms with van der Waals surface area (Å²) >= 11 is 1.83. The minimum Gasteiger partial charge on any atom is -0.473 e. The molecule has 39 heavy (non-hydrogen) atoms. The molecule has 3 aliphatic rings. The van der Waals surface area contributed by atoms with E-state index in [-0.39, 0.29) is 12.7 Å². The Morgan fingerprint density at radius 1 is 1.18 bits per heavy atom. The third kappa shape index (κ3) is 5.49. The van der Waals surface area contributed by atoms with Crippen LogP contribution in [0.1, 0.15) is 54.7 Å². The van der Waals surface area contributed by atoms with Gasteiger partial charge in [0.05, 0.1) is 36.2 Å². The van der Waals surface area contributed by atoms with Crippen molar-refractivity contribution in [2.45, 2.75) is 68.3 Å². The lowest BCUT2D eigenvalue weighted by atomic mass is 9.93. The van der Waals surface area contributed by atoms with Crippen molar-refractivity contribution in [3.05, 3.63) is 64.9 Å². The first-order valence-electron chi connectivity index (χ1n) is 13.6. The van der Waals surface area contributed by atoms with Crippen LogP contribution in [-0.2, 0) is 24.4 Å². The molecule has 3 aliphatic heterocycles. The van der Waals surface area contributed by atoms with Crippen molar-refractivity contribution in [2.75, 3.05) is 31.6 Å².